The predicted octanol–water partition coefficient (Wildman–Crippen LogP) is 3.36. The first kappa shape index (κ1) is 23.2. The Bertz CT molecular complexity index is 1000. The first-order chi connectivity index (χ1) is 16.4. The maximum absolute atomic E-state index is 13.6. The van der Waals surface area contributed by atoms with Crippen LogP contribution < -0.4 is 10.1 Å². The number of hydrogen-bond acceptors (Lipinski definition) is 6. The van der Waals surface area contributed by atoms with Crippen molar-refractivity contribution in [3.05, 3.63) is 24.3 Å². The number of carbonyl (C=O) groups is 1. The van der Waals surface area contributed by atoms with Crippen LogP contribution in [0, 0.1) is 23.7 Å². The van der Waals surface area contributed by atoms with Crippen LogP contribution in [0.2, 0.25) is 0 Å². The Morgan fingerprint density at radius 2 is 1.71 bits per heavy atom. The normalized spacial score (nSPS) is 40.5. The number of carbonyl (C=O) groups excluding carboxylic acids is 1. The average Bonchev–Trinajstić information content (AvgIpc) is 3.36. The number of hydrogen-bond donors (Lipinski definition) is 1. The van der Waals surface area contributed by atoms with Gasteiger partial charge in [0, 0.05) is 28.8 Å². The number of nitrogens with zero attached hydrogens (tertiary/aromatic N) is 1. The third kappa shape index (κ3) is 4.50. The number of rotatable bonds is 6. The van der Waals surface area contributed by atoms with E-state index in [0.717, 1.165) is 42.4 Å². The molecule has 0 spiro atoms. The zero-order valence-corrected chi connectivity index (χ0v) is 21.5. The summed E-state index contributed by atoms with van der Waals surface area (Å²) in [6.07, 6.45) is 8.13. The number of nitrogens with one attached hydrogen (secondary N) is 1. The van der Waals surface area contributed by atoms with Gasteiger partial charge in [0.05, 0.1) is 24.7 Å². The van der Waals surface area contributed by atoms with Gasteiger partial charge < -0.3 is 10.1 Å². The van der Waals surface area contributed by atoms with Crippen molar-refractivity contribution in [3.63, 3.8) is 0 Å². The van der Waals surface area contributed by atoms with Crippen molar-refractivity contribution < 1.29 is 17.9 Å². The molecule has 1 N–H and O–H groups in total. The number of ether oxygens (including phenoxy) is 1. The van der Waals surface area contributed by atoms with E-state index in [4.69, 9.17) is 4.74 Å². The number of amides is 1. The Morgan fingerprint density at radius 3 is 2.29 bits per heavy atom. The van der Waals surface area contributed by atoms with Crippen LogP contribution in [0.3, 0.4) is 0 Å². The molecule has 0 unspecified atom stereocenters. The number of methoxy groups -OCH3 is 1. The highest BCUT2D eigenvalue weighted by molar-refractivity contribution is 8.00. The van der Waals surface area contributed by atoms with Gasteiger partial charge in [0.1, 0.15) is 5.75 Å². The highest BCUT2D eigenvalue weighted by Crippen LogP contribution is 2.56. The highest BCUT2D eigenvalue weighted by atomic mass is 32.2. The summed E-state index contributed by atoms with van der Waals surface area (Å²) in [5.74, 6) is 4.45. The lowest BCUT2D eigenvalue weighted by Gasteiger charge is -2.57. The number of sulfone groups is 1. The highest BCUT2D eigenvalue weighted by Gasteiger charge is 2.53. The molecule has 6 aliphatic rings. The van der Waals surface area contributed by atoms with E-state index in [1.165, 1.54) is 37.0 Å². The Morgan fingerprint density at radius 1 is 1.03 bits per heavy atom. The second-order valence-corrected chi connectivity index (χ2v) is 15.0. The number of thioether (sulfide) groups is 1. The predicted molar refractivity (Wildman–Crippen MR) is 134 cm³/mol. The van der Waals surface area contributed by atoms with Gasteiger partial charge in [0.25, 0.3) is 0 Å². The first-order valence-corrected chi connectivity index (χ1v) is 15.6. The molecule has 1 aromatic carbocycles. The summed E-state index contributed by atoms with van der Waals surface area (Å²) in [4.78, 5) is 17.3. The third-order valence-electron chi connectivity index (χ3n) is 9.10. The molecular weight excluding hydrogens is 468 g/mol. The molecule has 1 amide bonds. The lowest BCUT2D eigenvalue weighted by molar-refractivity contribution is -0.131. The topological polar surface area (TPSA) is 75.7 Å². The maximum atomic E-state index is 13.6. The fourth-order valence-corrected chi connectivity index (χ4v) is 10.9. The van der Waals surface area contributed by atoms with Crippen LogP contribution in [0.15, 0.2) is 29.2 Å². The van der Waals surface area contributed by atoms with Gasteiger partial charge in [-0.2, -0.15) is 0 Å². The van der Waals surface area contributed by atoms with Gasteiger partial charge in [0.2, 0.25) is 5.91 Å². The minimum absolute atomic E-state index is 0.0498. The Labute approximate surface area is 207 Å². The van der Waals surface area contributed by atoms with Crippen molar-refractivity contribution in [2.24, 2.45) is 23.7 Å². The van der Waals surface area contributed by atoms with E-state index in [1.54, 1.807) is 7.11 Å². The Kier molecular flexibility index (Phi) is 6.13. The molecule has 4 saturated carbocycles. The van der Waals surface area contributed by atoms with Crippen LogP contribution in [0.4, 0.5) is 0 Å². The van der Waals surface area contributed by atoms with Crippen molar-refractivity contribution in [3.8, 4) is 5.75 Å². The largest absolute Gasteiger partial charge is 0.497 e. The molecule has 8 heteroatoms. The van der Waals surface area contributed by atoms with Crippen molar-refractivity contribution in [1.82, 2.24) is 10.2 Å². The molecule has 3 atom stereocenters. The molecule has 0 aromatic heterocycles. The number of benzene rings is 1. The monoisotopic (exact) mass is 504 g/mol. The van der Waals surface area contributed by atoms with E-state index in [-0.39, 0.29) is 29.5 Å². The molecule has 7 rings (SSSR count). The second-order valence-electron chi connectivity index (χ2n) is 11.4. The second kappa shape index (κ2) is 9.00. The summed E-state index contributed by atoms with van der Waals surface area (Å²) >= 11 is 1.87. The molecule has 4 bridgehead atoms. The summed E-state index contributed by atoms with van der Waals surface area (Å²) in [7, 11) is -1.33. The van der Waals surface area contributed by atoms with Crippen LogP contribution in [0.5, 0.6) is 5.75 Å². The van der Waals surface area contributed by atoms with E-state index in [0.29, 0.717) is 17.7 Å². The molecule has 2 aliphatic heterocycles. The van der Waals surface area contributed by atoms with Crippen molar-refractivity contribution in [1.29, 1.82) is 0 Å². The molecule has 1 aromatic rings. The molecule has 6 nitrogen and oxygen atoms in total. The summed E-state index contributed by atoms with van der Waals surface area (Å²) in [5, 5.41) is 3.50. The zero-order chi connectivity index (χ0) is 23.4. The minimum atomic E-state index is -3.01. The van der Waals surface area contributed by atoms with Gasteiger partial charge in [0.15, 0.2) is 9.84 Å². The van der Waals surface area contributed by atoms with E-state index in [9.17, 15) is 13.2 Å². The summed E-state index contributed by atoms with van der Waals surface area (Å²) in [6.45, 7) is 0.935. The van der Waals surface area contributed by atoms with Crippen LogP contribution in [0.25, 0.3) is 0 Å². The van der Waals surface area contributed by atoms with Crippen LogP contribution in [0.1, 0.15) is 44.9 Å². The number of likely N-dealkylation sites (tertiary alicyclic amines) is 1. The van der Waals surface area contributed by atoms with E-state index >= 15 is 0 Å². The van der Waals surface area contributed by atoms with E-state index < -0.39 is 9.84 Å². The van der Waals surface area contributed by atoms with Gasteiger partial charge in [-0.1, -0.05) is 0 Å². The Balaban J connectivity index is 1.20. The zero-order valence-electron chi connectivity index (χ0n) is 19.9. The van der Waals surface area contributed by atoms with E-state index in [2.05, 4.69) is 22.3 Å². The van der Waals surface area contributed by atoms with Gasteiger partial charge >= 0.3 is 0 Å². The SMILES string of the molecule is COc1ccc(S[C@@H]2C[C@@H](C(=O)N[C@@H]3CCS(=O)(=O)C3)N(C3C4CC5CC(C4)CC3C5)C2)cc1. The molecular formula is C26H36N2O4S2. The molecule has 4 aliphatic carbocycles. The van der Waals surface area contributed by atoms with Crippen molar-refractivity contribution >= 4 is 27.5 Å². The Hall–Kier alpha value is -1.25. The standard InChI is InChI=1S/C26H36N2O4S2/c1-32-21-2-4-22(5-3-21)33-23-13-24(26(29)27-20-6-7-34(30,31)15-20)28(14-23)25-18-9-16-8-17(11-18)12-19(25)10-16/h2-5,16-20,23-25H,6-15H2,1H3,(H,27,29)/t16?,17?,18?,19?,20-,23-,24+,25?/m1/s1. The molecule has 0 radical (unpaired) electrons. The summed E-state index contributed by atoms with van der Waals surface area (Å²) in [5.41, 5.74) is 0. The maximum Gasteiger partial charge on any atom is 0.237 e. The molecule has 186 valence electrons. The van der Waals surface area contributed by atoms with Gasteiger partial charge in [-0.3, -0.25) is 9.69 Å². The average molecular weight is 505 g/mol. The van der Waals surface area contributed by atoms with Crippen LogP contribution >= 0.6 is 11.8 Å². The quantitative estimate of drug-likeness (QED) is 0.640. The molecule has 2 heterocycles. The van der Waals surface area contributed by atoms with Crippen molar-refractivity contribution in [2.45, 2.75) is 73.2 Å². The van der Waals surface area contributed by atoms with Gasteiger partial charge in [-0.15, -0.1) is 11.8 Å². The summed E-state index contributed by atoms with van der Waals surface area (Å²) < 4.78 is 29.2. The van der Waals surface area contributed by atoms with Gasteiger partial charge in [-0.25, -0.2) is 8.42 Å². The van der Waals surface area contributed by atoms with E-state index in [1.807, 2.05) is 23.9 Å². The smallest absolute Gasteiger partial charge is 0.237 e. The lowest BCUT2D eigenvalue weighted by atomic mass is 9.54. The molecule has 34 heavy (non-hydrogen) atoms. The first-order valence-electron chi connectivity index (χ1n) is 12.9. The fourth-order valence-electron chi connectivity index (χ4n) is 7.98. The van der Waals surface area contributed by atoms with Gasteiger partial charge in [-0.05, 0) is 92.9 Å². The third-order valence-corrected chi connectivity index (χ3v) is 12.1. The van der Waals surface area contributed by atoms with Crippen LogP contribution in [-0.4, -0.2) is 67.8 Å². The minimum Gasteiger partial charge on any atom is -0.497 e. The fraction of sp³-hybridized carbons (Fsp3) is 0.731. The summed E-state index contributed by atoms with van der Waals surface area (Å²) in [6, 6.07) is 8.33. The molecule has 2 saturated heterocycles. The van der Waals surface area contributed by atoms with Crippen LogP contribution in [-0.2, 0) is 14.6 Å². The van der Waals surface area contributed by atoms with Crippen molar-refractivity contribution in [2.75, 3.05) is 25.2 Å². The molecule has 6 fully saturated rings. The lowest BCUT2D eigenvalue weighted by Crippen LogP contribution is -2.59.